The topological polar surface area (TPSA) is 60.9 Å². The van der Waals surface area contributed by atoms with Gasteiger partial charge < -0.3 is 10.3 Å². The van der Waals surface area contributed by atoms with Gasteiger partial charge >= 0.3 is 0 Å². The van der Waals surface area contributed by atoms with Gasteiger partial charge in [0, 0.05) is 41.1 Å². The van der Waals surface area contributed by atoms with Crippen molar-refractivity contribution in [1.82, 2.24) is 9.55 Å². The molecule has 0 saturated heterocycles. The Hall–Kier alpha value is -0.680. The Balaban J connectivity index is 2.58. The van der Waals surface area contributed by atoms with E-state index in [9.17, 15) is 4.21 Å². The molecule has 5 heteroatoms. The summed E-state index contributed by atoms with van der Waals surface area (Å²) in [5.41, 5.74) is 6.76. The average molecular weight is 215 g/mol. The van der Waals surface area contributed by atoms with Gasteiger partial charge in [0.2, 0.25) is 0 Å². The lowest BCUT2D eigenvalue weighted by Crippen LogP contribution is -2.15. The number of imidazole rings is 1. The van der Waals surface area contributed by atoms with E-state index in [0.717, 1.165) is 12.2 Å². The standard InChI is InChI=1S/C9H17N3OS/c1-3-14(13)5-4-12-7-11-6-9(12)8(2)10/h6-8H,3-5,10H2,1-2H3/t8-,14?/m0/s1. The first kappa shape index (κ1) is 11.4. The highest BCUT2D eigenvalue weighted by Crippen LogP contribution is 2.08. The van der Waals surface area contributed by atoms with Crippen molar-refractivity contribution in [2.75, 3.05) is 11.5 Å². The fourth-order valence-corrected chi connectivity index (χ4v) is 1.93. The molecule has 1 unspecified atom stereocenters. The Labute approximate surface area is 87.0 Å². The highest BCUT2D eigenvalue weighted by molar-refractivity contribution is 7.84. The summed E-state index contributed by atoms with van der Waals surface area (Å²) in [6.45, 7) is 4.58. The summed E-state index contributed by atoms with van der Waals surface area (Å²) in [6, 6.07) is -0.0208. The summed E-state index contributed by atoms with van der Waals surface area (Å²) in [5, 5.41) is 0. The van der Waals surface area contributed by atoms with Crippen LogP contribution < -0.4 is 5.73 Å². The molecule has 0 aromatic carbocycles. The first-order chi connectivity index (χ1) is 6.65. The third-order valence-corrected chi connectivity index (χ3v) is 3.37. The number of hydrogen-bond acceptors (Lipinski definition) is 3. The Morgan fingerprint density at radius 2 is 2.43 bits per heavy atom. The second-order valence-corrected chi connectivity index (χ2v) is 5.10. The maximum Gasteiger partial charge on any atom is 0.0948 e. The van der Waals surface area contributed by atoms with Crippen LogP contribution in [-0.4, -0.2) is 25.3 Å². The van der Waals surface area contributed by atoms with Crippen LogP contribution in [0.3, 0.4) is 0 Å². The lowest BCUT2D eigenvalue weighted by atomic mass is 10.3. The highest BCUT2D eigenvalue weighted by atomic mass is 32.2. The van der Waals surface area contributed by atoms with Crippen molar-refractivity contribution >= 4 is 10.8 Å². The SMILES string of the molecule is CCS(=O)CCn1cncc1[C@H](C)N. The zero-order valence-corrected chi connectivity index (χ0v) is 9.46. The minimum Gasteiger partial charge on any atom is -0.332 e. The van der Waals surface area contributed by atoms with Gasteiger partial charge in [-0.1, -0.05) is 6.92 Å². The number of rotatable bonds is 5. The molecule has 1 rings (SSSR count). The van der Waals surface area contributed by atoms with Crippen molar-refractivity contribution in [2.45, 2.75) is 26.4 Å². The fourth-order valence-electron chi connectivity index (χ4n) is 1.24. The molecule has 2 N–H and O–H groups in total. The van der Waals surface area contributed by atoms with E-state index >= 15 is 0 Å². The number of aryl methyl sites for hydroxylation is 1. The largest absolute Gasteiger partial charge is 0.332 e. The van der Waals surface area contributed by atoms with Crippen molar-refractivity contribution in [1.29, 1.82) is 0 Å². The predicted octanol–water partition coefficient (Wildman–Crippen LogP) is 0.671. The van der Waals surface area contributed by atoms with E-state index in [4.69, 9.17) is 5.73 Å². The van der Waals surface area contributed by atoms with Crippen molar-refractivity contribution < 1.29 is 4.21 Å². The lowest BCUT2D eigenvalue weighted by molar-refractivity contribution is 0.646. The average Bonchev–Trinajstić information content (AvgIpc) is 2.62. The molecule has 0 saturated carbocycles. The van der Waals surface area contributed by atoms with Crippen LogP contribution >= 0.6 is 0 Å². The molecule has 14 heavy (non-hydrogen) atoms. The number of nitrogens with two attached hydrogens (primary N) is 1. The normalized spacial score (nSPS) is 15.4. The third kappa shape index (κ3) is 2.92. The van der Waals surface area contributed by atoms with Gasteiger partial charge in [-0.15, -0.1) is 0 Å². The van der Waals surface area contributed by atoms with Gasteiger partial charge in [-0.05, 0) is 6.92 Å². The summed E-state index contributed by atoms with van der Waals surface area (Å²) in [4.78, 5) is 4.03. The molecule has 0 radical (unpaired) electrons. The maximum atomic E-state index is 11.2. The molecule has 0 fully saturated rings. The quantitative estimate of drug-likeness (QED) is 0.785. The Kier molecular flexibility index (Phi) is 4.28. The van der Waals surface area contributed by atoms with Gasteiger partial charge in [0.1, 0.15) is 0 Å². The second-order valence-electron chi connectivity index (χ2n) is 3.23. The van der Waals surface area contributed by atoms with Crippen molar-refractivity contribution in [2.24, 2.45) is 5.73 Å². The van der Waals surface area contributed by atoms with E-state index in [0.29, 0.717) is 11.5 Å². The number of nitrogens with zero attached hydrogens (tertiary/aromatic N) is 2. The van der Waals surface area contributed by atoms with Crippen LogP contribution in [0.1, 0.15) is 25.6 Å². The monoisotopic (exact) mass is 215 g/mol. The maximum absolute atomic E-state index is 11.2. The minimum absolute atomic E-state index is 0.0208. The highest BCUT2D eigenvalue weighted by Gasteiger charge is 2.06. The Morgan fingerprint density at radius 3 is 3.00 bits per heavy atom. The van der Waals surface area contributed by atoms with Gasteiger partial charge in [0.25, 0.3) is 0 Å². The van der Waals surface area contributed by atoms with Gasteiger partial charge in [-0.25, -0.2) is 4.98 Å². The molecule has 1 heterocycles. The molecule has 0 aliphatic rings. The predicted molar refractivity (Wildman–Crippen MR) is 58.4 cm³/mol. The van der Waals surface area contributed by atoms with Crippen molar-refractivity contribution in [3.8, 4) is 0 Å². The first-order valence-corrected chi connectivity index (χ1v) is 6.24. The van der Waals surface area contributed by atoms with E-state index in [2.05, 4.69) is 4.98 Å². The van der Waals surface area contributed by atoms with Crippen LogP contribution in [0.4, 0.5) is 0 Å². The van der Waals surface area contributed by atoms with E-state index in [1.807, 2.05) is 18.4 Å². The first-order valence-electron chi connectivity index (χ1n) is 4.75. The molecule has 1 aromatic rings. The Bertz CT molecular complexity index is 309. The van der Waals surface area contributed by atoms with Gasteiger partial charge in [-0.2, -0.15) is 0 Å². The fraction of sp³-hybridized carbons (Fsp3) is 0.667. The van der Waals surface area contributed by atoms with E-state index < -0.39 is 10.8 Å². The van der Waals surface area contributed by atoms with Crippen molar-refractivity contribution in [3.63, 3.8) is 0 Å². The summed E-state index contributed by atoms with van der Waals surface area (Å²) in [5.74, 6) is 1.38. The Morgan fingerprint density at radius 1 is 1.71 bits per heavy atom. The van der Waals surface area contributed by atoms with Crippen LogP contribution in [-0.2, 0) is 17.3 Å². The van der Waals surface area contributed by atoms with E-state index in [1.165, 1.54) is 0 Å². The lowest BCUT2D eigenvalue weighted by Gasteiger charge is -2.09. The smallest absolute Gasteiger partial charge is 0.0948 e. The molecule has 2 atom stereocenters. The molecular formula is C9H17N3OS. The summed E-state index contributed by atoms with van der Waals surface area (Å²) < 4.78 is 13.2. The van der Waals surface area contributed by atoms with Gasteiger partial charge in [-0.3, -0.25) is 4.21 Å². The molecule has 0 amide bonds. The molecule has 0 aliphatic carbocycles. The third-order valence-electron chi connectivity index (χ3n) is 2.09. The van der Waals surface area contributed by atoms with Gasteiger partial charge in [0.05, 0.1) is 12.0 Å². The van der Waals surface area contributed by atoms with Gasteiger partial charge in [0.15, 0.2) is 0 Å². The summed E-state index contributed by atoms with van der Waals surface area (Å²) >= 11 is 0. The summed E-state index contributed by atoms with van der Waals surface area (Å²) in [7, 11) is -0.723. The summed E-state index contributed by atoms with van der Waals surface area (Å²) in [6.07, 6.45) is 3.51. The molecule has 1 aromatic heterocycles. The zero-order valence-electron chi connectivity index (χ0n) is 8.64. The van der Waals surface area contributed by atoms with Crippen LogP contribution in [0.2, 0.25) is 0 Å². The molecule has 4 nitrogen and oxygen atoms in total. The second kappa shape index (κ2) is 5.26. The molecule has 0 spiro atoms. The molecule has 0 bridgehead atoms. The van der Waals surface area contributed by atoms with Crippen LogP contribution in [0.15, 0.2) is 12.5 Å². The van der Waals surface area contributed by atoms with Crippen LogP contribution in [0.5, 0.6) is 0 Å². The zero-order chi connectivity index (χ0) is 10.6. The molecule has 80 valence electrons. The van der Waals surface area contributed by atoms with E-state index in [-0.39, 0.29) is 6.04 Å². The number of hydrogen-bond donors (Lipinski definition) is 1. The molecule has 0 aliphatic heterocycles. The van der Waals surface area contributed by atoms with Crippen molar-refractivity contribution in [3.05, 3.63) is 18.2 Å². The molecular weight excluding hydrogens is 198 g/mol. The van der Waals surface area contributed by atoms with Crippen LogP contribution in [0.25, 0.3) is 0 Å². The minimum atomic E-state index is -0.723. The van der Waals surface area contributed by atoms with E-state index in [1.54, 1.807) is 12.5 Å². The number of aromatic nitrogens is 2. The van der Waals surface area contributed by atoms with Crippen LogP contribution in [0, 0.1) is 0 Å².